The summed E-state index contributed by atoms with van der Waals surface area (Å²) in [6, 6.07) is 4.46. The van der Waals surface area contributed by atoms with Crippen molar-refractivity contribution in [2.24, 2.45) is 0 Å². The molecule has 1 fully saturated rings. The molecule has 0 aliphatic carbocycles. The van der Waals surface area contributed by atoms with Crippen LogP contribution in [-0.4, -0.2) is 38.8 Å². The molecular weight excluding hydrogens is 286 g/mol. The van der Waals surface area contributed by atoms with Crippen LogP contribution in [0.15, 0.2) is 30.2 Å². The smallest absolute Gasteiger partial charge is 0.317 e. The third-order valence-electron chi connectivity index (χ3n) is 3.69. The van der Waals surface area contributed by atoms with Crippen LogP contribution in [0.25, 0.3) is 0 Å². The summed E-state index contributed by atoms with van der Waals surface area (Å²) < 4.78 is 1.77. The minimum Gasteiger partial charge on any atom is -0.338 e. The zero-order chi connectivity index (χ0) is 14.5. The van der Waals surface area contributed by atoms with Gasteiger partial charge in [-0.15, -0.1) is 11.3 Å². The van der Waals surface area contributed by atoms with Crippen molar-refractivity contribution >= 4 is 17.4 Å². The molecule has 2 aromatic heterocycles. The van der Waals surface area contributed by atoms with Crippen LogP contribution in [0.2, 0.25) is 0 Å². The van der Waals surface area contributed by atoms with Gasteiger partial charge in [0.05, 0.1) is 6.04 Å². The van der Waals surface area contributed by atoms with Gasteiger partial charge in [-0.3, -0.25) is 4.68 Å². The van der Waals surface area contributed by atoms with E-state index in [4.69, 9.17) is 0 Å². The van der Waals surface area contributed by atoms with Crippen molar-refractivity contribution in [3.8, 4) is 0 Å². The third-order valence-corrected chi connectivity index (χ3v) is 4.67. The summed E-state index contributed by atoms with van der Waals surface area (Å²) in [6.45, 7) is 2.28. The van der Waals surface area contributed by atoms with E-state index in [-0.39, 0.29) is 12.1 Å². The second-order valence-electron chi connectivity index (χ2n) is 5.11. The van der Waals surface area contributed by atoms with E-state index in [0.29, 0.717) is 6.54 Å². The van der Waals surface area contributed by atoms with E-state index in [1.807, 2.05) is 11.0 Å². The Bertz CT molecular complexity index is 554. The summed E-state index contributed by atoms with van der Waals surface area (Å²) in [6.07, 6.45) is 6.21. The second-order valence-corrected chi connectivity index (χ2v) is 6.09. The van der Waals surface area contributed by atoms with E-state index < -0.39 is 0 Å². The number of likely N-dealkylation sites (tertiary alicyclic amines) is 1. The van der Waals surface area contributed by atoms with Crippen LogP contribution in [0, 0.1) is 0 Å². The summed E-state index contributed by atoms with van der Waals surface area (Å²) in [5, 5.41) is 9.12. The highest BCUT2D eigenvalue weighted by Gasteiger charge is 2.30. The normalized spacial score (nSPS) is 18.1. The van der Waals surface area contributed by atoms with Crippen LogP contribution in [-0.2, 0) is 6.54 Å². The molecule has 0 saturated carbocycles. The van der Waals surface area contributed by atoms with Crippen LogP contribution < -0.4 is 5.32 Å². The highest BCUT2D eigenvalue weighted by molar-refractivity contribution is 7.10. The lowest BCUT2D eigenvalue weighted by Crippen LogP contribution is -2.39. The van der Waals surface area contributed by atoms with Crippen molar-refractivity contribution < 1.29 is 4.79 Å². The molecule has 1 aliphatic heterocycles. The van der Waals surface area contributed by atoms with Crippen molar-refractivity contribution in [2.45, 2.75) is 31.8 Å². The van der Waals surface area contributed by atoms with Gasteiger partial charge < -0.3 is 10.2 Å². The van der Waals surface area contributed by atoms with E-state index in [1.54, 1.807) is 22.3 Å². The standard InChI is InChI=1S/C14H19N5OS/c20-14(16-6-3-7-18-11-15-10-17-18)19-8-1-4-12(19)13-5-2-9-21-13/h2,5,9-12H,1,3-4,6-8H2,(H,16,20)/t12-/m0/s1. The minimum atomic E-state index is 0.0458. The molecule has 1 atom stereocenters. The largest absolute Gasteiger partial charge is 0.338 e. The highest BCUT2D eigenvalue weighted by atomic mass is 32.1. The fourth-order valence-electron chi connectivity index (χ4n) is 2.67. The Kier molecular flexibility index (Phi) is 4.49. The number of urea groups is 1. The molecule has 1 saturated heterocycles. The first kappa shape index (κ1) is 14.1. The maximum Gasteiger partial charge on any atom is 0.317 e. The number of hydrogen-bond donors (Lipinski definition) is 1. The van der Waals surface area contributed by atoms with Gasteiger partial charge in [0.15, 0.2) is 0 Å². The maximum absolute atomic E-state index is 12.3. The van der Waals surface area contributed by atoms with Crippen molar-refractivity contribution in [3.05, 3.63) is 35.0 Å². The fraction of sp³-hybridized carbons (Fsp3) is 0.500. The summed E-state index contributed by atoms with van der Waals surface area (Å²) in [7, 11) is 0. The zero-order valence-electron chi connectivity index (χ0n) is 11.8. The predicted molar refractivity (Wildman–Crippen MR) is 81.0 cm³/mol. The average molecular weight is 305 g/mol. The van der Waals surface area contributed by atoms with Crippen molar-refractivity contribution in [2.75, 3.05) is 13.1 Å². The summed E-state index contributed by atoms with van der Waals surface area (Å²) in [5.74, 6) is 0. The van der Waals surface area contributed by atoms with E-state index >= 15 is 0 Å². The van der Waals surface area contributed by atoms with Gasteiger partial charge in [0.2, 0.25) is 0 Å². The first-order chi connectivity index (χ1) is 10.3. The molecule has 2 aromatic rings. The van der Waals surface area contributed by atoms with Gasteiger partial charge >= 0.3 is 6.03 Å². The number of aromatic nitrogens is 3. The topological polar surface area (TPSA) is 63.1 Å². The molecule has 0 aromatic carbocycles. The summed E-state index contributed by atoms with van der Waals surface area (Å²) in [4.78, 5) is 19.4. The van der Waals surface area contributed by atoms with Gasteiger partial charge in [-0.25, -0.2) is 9.78 Å². The molecule has 0 bridgehead atoms. The molecule has 0 radical (unpaired) electrons. The highest BCUT2D eigenvalue weighted by Crippen LogP contribution is 2.34. The Hall–Kier alpha value is -1.89. The number of carbonyl (C=O) groups excluding carboxylic acids is 1. The predicted octanol–water partition coefficient (Wildman–Crippen LogP) is 2.28. The molecular formula is C14H19N5OS. The molecule has 6 nitrogen and oxygen atoms in total. The molecule has 0 unspecified atom stereocenters. The van der Waals surface area contributed by atoms with Gasteiger partial charge in [-0.05, 0) is 30.7 Å². The first-order valence-corrected chi connectivity index (χ1v) is 8.13. The number of nitrogens with one attached hydrogen (secondary N) is 1. The van der Waals surface area contributed by atoms with Crippen LogP contribution >= 0.6 is 11.3 Å². The van der Waals surface area contributed by atoms with Gasteiger partial charge in [0.1, 0.15) is 12.7 Å². The fourth-order valence-corrected chi connectivity index (χ4v) is 3.55. The lowest BCUT2D eigenvalue weighted by molar-refractivity contribution is 0.193. The van der Waals surface area contributed by atoms with Crippen LogP contribution in [0.3, 0.4) is 0 Å². The van der Waals surface area contributed by atoms with Gasteiger partial charge in [0, 0.05) is 24.5 Å². The van der Waals surface area contributed by atoms with Crippen LogP contribution in [0.5, 0.6) is 0 Å². The molecule has 21 heavy (non-hydrogen) atoms. The van der Waals surface area contributed by atoms with Crippen LogP contribution in [0.1, 0.15) is 30.2 Å². The number of hydrogen-bond acceptors (Lipinski definition) is 4. The molecule has 1 aliphatic rings. The Morgan fingerprint density at radius 3 is 3.24 bits per heavy atom. The summed E-state index contributed by atoms with van der Waals surface area (Å²) >= 11 is 1.73. The Morgan fingerprint density at radius 1 is 1.52 bits per heavy atom. The second kappa shape index (κ2) is 6.71. The zero-order valence-corrected chi connectivity index (χ0v) is 12.6. The lowest BCUT2D eigenvalue weighted by atomic mass is 10.2. The number of aryl methyl sites for hydroxylation is 1. The quantitative estimate of drug-likeness (QED) is 0.862. The van der Waals surface area contributed by atoms with Crippen molar-refractivity contribution in [3.63, 3.8) is 0 Å². The van der Waals surface area contributed by atoms with Crippen molar-refractivity contribution in [1.82, 2.24) is 25.0 Å². The van der Waals surface area contributed by atoms with Crippen LogP contribution in [0.4, 0.5) is 4.79 Å². The van der Waals surface area contributed by atoms with Crippen molar-refractivity contribution in [1.29, 1.82) is 0 Å². The lowest BCUT2D eigenvalue weighted by Gasteiger charge is -2.24. The molecule has 1 N–H and O–H groups in total. The number of rotatable bonds is 5. The Labute approximate surface area is 127 Å². The van der Waals surface area contributed by atoms with E-state index in [0.717, 1.165) is 32.4 Å². The van der Waals surface area contributed by atoms with Gasteiger partial charge in [-0.1, -0.05) is 6.07 Å². The van der Waals surface area contributed by atoms with E-state index in [9.17, 15) is 4.79 Å². The monoisotopic (exact) mass is 305 g/mol. The molecule has 0 spiro atoms. The van der Waals surface area contributed by atoms with E-state index in [2.05, 4.69) is 26.8 Å². The molecule has 7 heteroatoms. The first-order valence-electron chi connectivity index (χ1n) is 7.25. The molecule has 3 heterocycles. The third kappa shape index (κ3) is 3.41. The molecule has 112 valence electrons. The van der Waals surface area contributed by atoms with E-state index in [1.165, 1.54) is 11.2 Å². The van der Waals surface area contributed by atoms with Gasteiger partial charge in [0.25, 0.3) is 0 Å². The number of amides is 2. The number of nitrogens with zero attached hydrogens (tertiary/aromatic N) is 4. The van der Waals surface area contributed by atoms with Gasteiger partial charge in [-0.2, -0.15) is 5.10 Å². The number of carbonyl (C=O) groups is 1. The number of thiophene rings is 1. The Morgan fingerprint density at radius 2 is 2.48 bits per heavy atom. The minimum absolute atomic E-state index is 0.0458. The average Bonchev–Trinajstić information content (AvgIpc) is 3.24. The Balaban J connectivity index is 1.46. The molecule has 3 rings (SSSR count). The maximum atomic E-state index is 12.3. The summed E-state index contributed by atoms with van der Waals surface area (Å²) in [5.41, 5.74) is 0. The SMILES string of the molecule is O=C(NCCCn1cncn1)N1CCC[C@H]1c1cccs1. The molecule has 2 amide bonds.